The zero-order valence-electron chi connectivity index (χ0n) is 14.6. The number of primary amides is 1. The molecule has 27 heavy (non-hydrogen) atoms. The van der Waals surface area contributed by atoms with Gasteiger partial charge in [-0.15, -0.1) is 0 Å². The number of ketones is 1. The van der Waals surface area contributed by atoms with E-state index in [1.54, 1.807) is 18.2 Å². The molecule has 2 aliphatic rings. The van der Waals surface area contributed by atoms with Crippen LogP contribution in [0, 0.1) is 6.42 Å². The minimum absolute atomic E-state index is 0.0152. The highest BCUT2D eigenvalue weighted by molar-refractivity contribution is 7.91. The van der Waals surface area contributed by atoms with E-state index in [2.05, 4.69) is 10.3 Å². The predicted molar refractivity (Wildman–Crippen MR) is 95.7 cm³/mol. The summed E-state index contributed by atoms with van der Waals surface area (Å²) in [6.07, 6.45) is 2.96. The smallest absolute Gasteiger partial charge is 0.227 e. The number of pyridine rings is 1. The molecule has 3 N–H and O–H groups in total. The van der Waals surface area contributed by atoms with Crippen molar-refractivity contribution in [2.24, 2.45) is 5.73 Å². The van der Waals surface area contributed by atoms with Crippen LogP contribution in [0.5, 0.6) is 0 Å². The van der Waals surface area contributed by atoms with Gasteiger partial charge in [0.15, 0.2) is 15.6 Å². The maximum absolute atomic E-state index is 12.9. The van der Waals surface area contributed by atoms with E-state index in [9.17, 15) is 22.8 Å². The SMILES string of the molecule is NC(=O)CC[CH]C(=O)N1CC(S(=O)(=O)Cc2ccccn2)C2NCC(=O)C21. The van der Waals surface area contributed by atoms with Gasteiger partial charge in [-0.3, -0.25) is 19.4 Å². The third-order valence-corrected chi connectivity index (χ3v) is 6.89. The molecule has 3 unspecified atom stereocenters. The van der Waals surface area contributed by atoms with Crippen LogP contribution in [0.3, 0.4) is 0 Å². The lowest BCUT2D eigenvalue weighted by atomic mass is 10.1. The molecule has 2 amide bonds. The number of nitrogens with zero attached hydrogens (tertiary/aromatic N) is 2. The first kappa shape index (κ1) is 19.4. The molecule has 9 nitrogen and oxygen atoms in total. The molecule has 0 spiro atoms. The largest absolute Gasteiger partial charge is 0.370 e. The van der Waals surface area contributed by atoms with Crippen molar-refractivity contribution < 1.29 is 22.8 Å². The minimum atomic E-state index is -3.65. The number of nitrogens with one attached hydrogen (secondary N) is 1. The van der Waals surface area contributed by atoms with Gasteiger partial charge in [-0.05, 0) is 18.6 Å². The van der Waals surface area contributed by atoms with Crippen molar-refractivity contribution in [1.29, 1.82) is 0 Å². The molecule has 1 aromatic rings. The highest BCUT2D eigenvalue weighted by atomic mass is 32.2. The number of Topliss-reactive ketones (excluding diaryl/α,β-unsaturated/α-hetero) is 1. The van der Waals surface area contributed by atoms with Gasteiger partial charge >= 0.3 is 0 Å². The third-order valence-electron chi connectivity index (χ3n) is 4.82. The number of sulfone groups is 1. The third kappa shape index (κ3) is 4.16. The van der Waals surface area contributed by atoms with Crippen LogP contribution in [0.1, 0.15) is 18.5 Å². The Bertz CT molecular complexity index is 842. The van der Waals surface area contributed by atoms with Gasteiger partial charge in [0, 0.05) is 19.2 Å². The summed E-state index contributed by atoms with van der Waals surface area (Å²) in [5.74, 6) is -1.47. The lowest BCUT2D eigenvalue weighted by Gasteiger charge is -2.21. The summed E-state index contributed by atoms with van der Waals surface area (Å²) in [4.78, 5) is 40.9. The van der Waals surface area contributed by atoms with E-state index >= 15 is 0 Å². The van der Waals surface area contributed by atoms with Crippen molar-refractivity contribution in [3.05, 3.63) is 36.5 Å². The number of hydrogen-bond acceptors (Lipinski definition) is 7. The monoisotopic (exact) mass is 393 g/mol. The molecular weight excluding hydrogens is 372 g/mol. The van der Waals surface area contributed by atoms with Crippen molar-refractivity contribution in [2.75, 3.05) is 13.1 Å². The summed E-state index contributed by atoms with van der Waals surface area (Å²) in [6, 6.07) is 3.57. The summed E-state index contributed by atoms with van der Waals surface area (Å²) in [5, 5.41) is 2.04. The lowest BCUT2D eigenvalue weighted by Crippen LogP contribution is -2.43. The molecule has 0 aliphatic carbocycles. The van der Waals surface area contributed by atoms with Gasteiger partial charge in [0.2, 0.25) is 11.8 Å². The Balaban J connectivity index is 1.76. The van der Waals surface area contributed by atoms with E-state index in [0.717, 1.165) is 0 Å². The van der Waals surface area contributed by atoms with Crippen molar-refractivity contribution in [3.8, 4) is 0 Å². The zero-order chi connectivity index (χ0) is 19.6. The number of fused-ring (bicyclic) bond motifs is 1. The Morgan fingerprint density at radius 3 is 2.81 bits per heavy atom. The van der Waals surface area contributed by atoms with Crippen LogP contribution in [-0.4, -0.2) is 66.3 Å². The molecule has 1 aromatic heterocycles. The zero-order valence-corrected chi connectivity index (χ0v) is 15.4. The molecular formula is C17H21N4O5S. The topological polar surface area (TPSA) is 140 Å². The number of amides is 2. The highest BCUT2D eigenvalue weighted by Gasteiger charge is 2.54. The molecule has 3 heterocycles. The number of rotatable bonds is 7. The minimum Gasteiger partial charge on any atom is -0.370 e. The molecule has 10 heteroatoms. The second kappa shape index (κ2) is 7.73. The van der Waals surface area contributed by atoms with Gasteiger partial charge in [-0.2, -0.15) is 0 Å². The van der Waals surface area contributed by atoms with Gasteiger partial charge in [-0.25, -0.2) is 8.42 Å². The van der Waals surface area contributed by atoms with E-state index < -0.39 is 39.0 Å². The van der Waals surface area contributed by atoms with Crippen molar-refractivity contribution in [3.63, 3.8) is 0 Å². The van der Waals surface area contributed by atoms with Crippen LogP contribution in [0.25, 0.3) is 0 Å². The van der Waals surface area contributed by atoms with Crippen molar-refractivity contribution in [1.82, 2.24) is 15.2 Å². The number of nitrogens with two attached hydrogens (primary N) is 1. The standard InChI is InChI=1S/C17H21N4O5S/c18-14(23)5-3-6-15(24)21-9-13(16-17(21)12(22)8-20-16)27(25,26)10-11-4-1-2-7-19-11/h1-2,4,6-7,13,16-17,20H,3,5,8-10H2,(H2,18,23). The molecule has 2 saturated heterocycles. The van der Waals surface area contributed by atoms with Crippen LogP contribution in [0.4, 0.5) is 0 Å². The molecule has 145 valence electrons. The molecule has 2 fully saturated rings. The average molecular weight is 393 g/mol. The molecule has 1 radical (unpaired) electrons. The van der Waals surface area contributed by atoms with Crippen LogP contribution in [-0.2, 0) is 30.0 Å². The average Bonchev–Trinajstić information content (AvgIpc) is 3.16. The highest BCUT2D eigenvalue weighted by Crippen LogP contribution is 2.30. The maximum atomic E-state index is 12.9. The van der Waals surface area contributed by atoms with Crippen LogP contribution < -0.4 is 11.1 Å². The second-order valence-electron chi connectivity index (χ2n) is 6.68. The van der Waals surface area contributed by atoms with Gasteiger partial charge in [0.25, 0.3) is 0 Å². The fourth-order valence-electron chi connectivity index (χ4n) is 3.57. The van der Waals surface area contributed by atoms with E-state index in [0.29, 0.717) is 5.69 Å². The lowest BCUT2D eigenvalue weighted by molar-refractivity contribution is -0.133. The molecule has 2 aliphatic heterocycles. The Morgan fingerprint density at radius 2 is 2.15 bits per heavy atom. The van der Waals surface area contributed by atoms with E-state index in [-0.39, 0.29) is 37.5 Å². The predicted octanol–water partition coefficient (Wildman–Crippen LogP) is -1.41. The van der Waals surface area contributed by atoms with Gasteiger partial charge in [0.1, 0.15) is 6.04 Å². The maximum Gasteiger partial charge on any atom is 0.227 e. The molecule has 0 bridgehead atoms. The first-order valence-electron chi connectivity index (χ1n) is 8.59. The second-order valence-corrected chi connectivity index (χ2v) is 8.90. The molecule has 3 rings (SSSR count). The summed E-state index contributed by atoms with van der Waals surface area (Å²) in [6.45, 7) is -0.0504. The van der Waals surface area contributed by atoms with Crippen LogP contribution in [0.15, 0.2) is 24.4 Å². The van der Waals surface area contributed by atoms with Gasteiger partial charge < -0.3 is 16.0 Å². The number of aromatic nitrogens is 1. The summed E-state index contributed by atoms with van der Waals surface area (Å²) >= 11 is 0. The summed E-state index contributed by atoms with van der Waals surface area (Å²) < 4.78 is 25.8. The number of carbonyl (C=O) groups is 3. The van der Waals surface area contributed by atoms with Crippen LogP contribution in [0.2, 0.25) is 0 Å². The Labute approximate surface area is 157 Å². The quantitative estimate of drug-likeness (QED) is 0.580. The number of carbonyl (C=O) groups excluding carboxylic acids is 3. The van der Waals surface area contributed by atoms with E-state index in [1.165, 1.54) is 17.5 Å². The van der Waals surface area contributed by atoms with E-state index in [1.807, 2.05) is 0 Å². The Morgan fingerprint density at radius 1 is 1.37 bits per heavy atom. The molecule has 3 atom stereocenters. The van der Waals surface area contributed by atoms with E-state index in [4.69, 9.17) is 5.73 Å². The van der Waals surface area contributed by atoms with Crippen LogP contribution >= 0.6 is 0 Å². The summed E-state index contributed by atoms with van der Waals surface area (Å²) in [7, 11) is -3.65. The Hall–Kier alpha value is -2.33. The van der Waals surface area contributed by atoms with Gasteiger partial charge in [0.05, 0.1) is 35.7 Å². The van der Waals surface area contributed by atoms with Crippen molar-refractivity contribution in [2.45, 2.75) is 35.9 Å². The first-order valence-corrected chi connectivity index (χ1v) is 10.3. The fraction of sp³-hybridized carbons (Fsp3) is 0.471. The van der Waals surface area contributed by atoms with Gasteiger partial charge in [-0.1, -0.05) is 6.07 Å². The summed E-state index contributed by atoms with van der Waals surface area (Å²) in [5.41, 5.74) is 5.47. The normalized spacial score (nSPS) is 24.8. The molecule has 0 saturated carbocycles. The first-order chi connectivity index (χ1) is 12.8. The molecule has 0 aromatic carbocycles. The number of likely N-dealkylation sites (tertiary alicyclic amines) is 1. The Kier molecular flexibility index (Phi) is 5.56. The van der Waals surface area contributed by atoms with Crippen molar-refractivity contribution >= 4 is 27.4 Å². The fourth-order valence-corrected chi connectivity index (χ4v) is 5.45. The number of hydrogen-bond donors (Lipinski definition) is 2.